The molecule has 1 aromatic carbocycles. The molecule has 0 spiro atoms. The van der Waals surface area contributed by atoms with Gasteiger partial charge in [0.15, 0.2) is 0 Å². The molecule has 24 heavy (non-hydrogen) atoms. The molecule has 0 saturated carbocycles. The van der Waals surface area contributed by atoms with E-state index >= 15 is 0 Å². The van der Waals surface area contributed by atoms with E-state index in [0.717, 1.165) is 48.5 Å². The van der Waals surface area contributed by atoms with Gasteiger partial charge in [0.2, 0.25) is 0 Å². The van der Waals surface area contributed by atoms with Crippen LogP contribution in [0.15, 0.2) is 34.9 Å². The van der Waals surface area contributed by atoms with Gasteiger partial charge in [-0.15, -0.1) is 0 Å². The Balaban J connectivity index is 1.83. The van der Waals surface area contributed by atoms with Crippen molar-refractivity contribution in [1.82, 2.24) is 10.5 Å². The van der Waals surface area contributed by atoms with Crippen molar-refractivity contribution in [2.24, 2.45) is 5.41 Å². The number of nitrogens with zero attached hydrogens (tertiary/aromatic N) is 1. The van der Waals surface area contributed by atoms with Gasteiger partial charge in [0.05, 0.1) is 12.0 Å². The molecule has 1 aliphatic heterocycles. The van der Waals surface area contributed by atoms with Gasteiger partial charge in [0.25, 0.3) is 0 Å². The topological polar surface area (TPSA) is 64.4 Å². The Morgan fingerprint density at radius 3 is 2.79 bits per heavy atom. The van der Waals surface area contributed by atoms with Gasteiger partial charge < -0.3 is 14.6 Å². The number of benzene rings is 1. The third-order valence-corrected chi connectivity index (χ3v) is 4.76. The number of aryl methyl sites for hydroxylation is 1. The second-order valence-corrected chi connectivity index (χ2v) is 6.42. The number of hydrogen-bond acceptors (Lipinski definition) is 5. The molecule has 0 unspecified atom stereocenters. The molecule has 3 rings (SSSR count). The van der Waals surface area contributed by atoms with Gasteiger partial charge in [-0.3, -0.25) is 4.79 Å². The monoisotopic (exact) mass is 328 g/mol. The standard InChI is InChI=1S/C19H24N2O3/c1-3-23-18(22)19(8-10-20-11-9-19)13-15-12-17(21-24-15)16-7-5-4-6-14(16)2/h4-7,12,20H,3,8-11,13H2,1-2H3. The Labute approximate surface area is 142 Å². The maximum absolute atomic E-state index is 12.5. The van der Waals surface area contributed by atoms with E-state index < -0.39 is 5.41 Å². The van der Waals surface area contributed by atoms with E-state index in [-0.39, 0.29) is 5.97 Å². The van der Waals surface area contributed by atoms with Crippen molar-refractivity contribution in [3.8, 4) is 11.3 Å². The summed E-state index contributed by atoms with van der Waals surface area (Å²) in [6.07, 6.45) is 2.05. The highest BCUT2D eigenvalue weighted by Crippen LogP contribution is 2.35. The smallest absolute Gasteiger partial charge is 0.312 e. The summed E-state index contributed by atoms with van der Waals surface area (Å²) in [6.45, 7) is 5.93. The Morgan fingerprint density at radius 2 is 2.08 bits per heavy atom. The Morgan fingerprint density at radius 1 is 1.33 bits per heavy atom. The molecule has 5 heteroatoms. The molecule has 1 aliphatic rings. The minimum absolute atomic E-state index is 0.125. The van der Waals surface area contributed by atoms with Crippen LogP contribution in [0.1, 0.15) is 31.1 Å². The number of carbonyl (C=O) groups is 1. The van der Waals surface area contributed by atoms with Crippen molar-refractivity contribution in [2.75, 3.05) is 19.7 Å². The molecule has 128 valence electrons. The summed E-state index contributed by atoms with van der Waals surface area (Å²) in [6, 6.07) is 10.0. The minimum Gasteiger partial charge on any atom is -0.466 e. The summed E-state index contributed by atoms with van der Waals surface area (Å²) in [7, 11) is 0. The number of piperidine rings is 1. The van der Waals surface area contributed by atoms with E-state index in [1.54, 1.807) is 0 Å². The molecule has 1 aromatic heterocycles. The van der Waals surface area contributed by atoms with Crippen molar-refractivity contribution in [3.63, 3.8) is 0 Å². The molecular weight excluding hydrogens is 304 g/mol. The predicted octanol–water partition coefficient (Wildman–Crippen LogP) is 3.13. The summed E-state index contributed by atoms with van der Waals surface area (Å²) < 4.78 is 10.9. The van der Waals surface area contributed by atoms with Crippen LogP contribution < -0.4 is 5.32 Å². The summed E-state index contributed by atoms with van der Waals surface area (Å²) in [5, 5.41) is 7.51. The zero-order valence-electron chi connectivity index (χ0n) is 14.3. The molecular formula is C19H24N2O3. The first-order valence-corrected chi connectivity index (χ1v) is 8.54. The number of nitrogens with one attached hydrogen (secondary N) is 1. The van der Waals surface area contributed by atoms with Gasteiger partial charge in [0.1, 0.15) is 11.5 Å². The van der Waals surface area contributed by atoms with E-state index in [1.807, 2.05) is 31.2 Å². The lowest BCUT2D eigenvalue weighted by atomic mass is 9.75. The normalized spacial score (nSPS) is 16.8. The van der Waals surface area contributed by atoms with Crippen LogP contribution in [0.4, 0.5) is 0 Å². The largest absolute Gasteiger partial charge is 0.466 e. The predicted molar refractivity (Wildman–Crippen MR) is 91.5 cm³/mol. The zero-order valence-corrected chi connectivity index (χ0v) is 14.3. The number of hydrogen-bond donors (Lipinski definition) is 1. The highest BCUT2D eigenvalue weighted by Gasteiger charge is 2.42. The average Bonchev–Trinajstić information content (AvgIpc) is 3.04. The second kappa shape index (κ2) is 7.18. The van der Waals surface area contributed by atoms with Gasteiger partial charge in [0, 0.05) is 18.1 Å². The van der Waals surface area contributed by atoms with Crippen molar-refractivity contribution >= 4 is 5.97 Å². The quantitative estimate of drug-likeness (QED) is 0.854. The summed E-state index contributed by atoms with van der Waals surface area (Å²) in [4.78, 5) is 12.5. The van der Waals surface area contributed by atoms with Crippen LogP contribution in [0.2, 0.25) is 0 Å². The molecule has 1 fully saturated rings. The fraction of sp³-hybridized carbons (Fsp3) is 0.474. The molecule has 1 saturated heterocycles. The number of aromatic nitrogens is 1. The Hall–Kier alpha value is -2.14. The van der Waals surface area contributed by atoms with Gasteiger partial charge in [-0.25, -0.2) is 0 Å². The van der Waals surface area contributed by atoms with Crippen molar-refractivity contribution < 1.29 is 14.1 Å². The first-order valence-electron chi connectivity index (χ1n) is 8.54. The van der Waals surface area contributed by atoms with Crippen LogP contribution in [0.5, 0.6) is 0 Å². The van der Waals surface area contributed by atoms with E-state index in [1.165, 1.54) is 0 Å². The third-order valence-electron chi connectivity index (χ3n) is 4.76. The van der Waals surface area contributed by atoms with Crippen molar-refractivity contribution in [3.05, 3.63) is 41.7 Å². The van der Waals surface area contributed by atoms with Gasteiger partial charge in [-0.2, -0.15) is 0 Å². The maximum Gasteiger partial charge on any atom is 0.312 e. The lowest BCUT2D eigenvalue weighted by Gasteiger charge is -2.34. The maximum atomic E-state index is 12.5. The van der Waals surface area contributed by atoms with E-state index in [4.69, 9.17) is 9.26 Å². The van der Waals surface area contributed by atoms with E-state index in [0.29, 0.717) is 13.0 Å². The first kappa shape index (κ1) is 16.7. The van der Waals surface area contributed by atoms with Gasteiger partial charge in [-0.1, -0.05) is 29.4 Å². The number of esters is 1. The molecule has 2 aromatic rings. The minimum atomic E-state index is -0.510. The molecule has 0 bridgehead atoms. The average molecular weight is 328 g/mol. The van der Waals surface area contributed by atoms with Crippen molar-refractivity contribution in [2.45, 2.75) is 33.1 Å². The van der Waals surface area contributed by atoms with Gasteiger partial charge in [-0.05, 0) is 45.3 Å². The highest BCUT2D eigenvalue weighted by atomic mass is 16.5. The summed E-state index contributed by atoms with van der Waals surface area (Å²) in [5.74, 6) is 0.614. The summed E-state index contributed by atoms with van der Waals surface area (Å²) >= 11 is 0. The Bertz CT molecular complexity index is 702. The van der Waals surface area contributed by atoms with E-state index in [2.05, 4.69) is 23.5 Å². The third kappa shape index (κ3) is 3.36. The molecule has 0 radical (unpaired) electrons. The Kier molecular flexibility index (Phi) is 5.00. The first-order chi connectivity index (χ1) is 11.6. The van der Waals surface area contributed by atoms with Crippen LogP contribution in [0.25, 0.3) is 11.3 Å². The van der Waals surface area contributed by atoms with Gasteiger partial charge >= 0.3 is 5.97 Å². The number of carbonyl (C=O) groups excluding carboxylic acids is 1. The molecule has 0 aliphatic carbocycles. The lowest BCUT2D eigenvalue weighted by Crippen LogP contribution is -2.44. The zero-order chi connectivity index (χ0) is 17.0. The van der Waals surface area contributed by atoms with Crippen LogP contribution in [-0.2, 0) is 16.0 Å². The van der Waals surface area contributed by atoms with E-state index in [9.17, 15) is 4.79 Å². The lowest BCUT2D eigenvalue weighted by molar-refractivity contribution is -0.157. The number of ether oxygens (including phenoxy) is 1. The van der Waals surface area contributed by atoms with Crippen LogP contribution in [0.3, 0.4) is 0 Å². The highest BCUT2D eigenvalue weighted by molar-refractivity contribution is 5.77. The van der Waals surface area contributed by atoms with Crippen LogP contribution in [-0.4, -0.2) is 30.8 Å². The summed E-state index contributed by atoms with van der Waals surface area (Å²) in [5.41, 5.74) is 2.52. The molecule has 0 amide bonds. The SMILES string of the molecule is CCOC(=O)C1(Cc2cc(-c3ccccc3C)no2)CCNCC1. The molecule has 2 heterocycles. The number of rotatable bonds is 5. The van der Waals surface area contributed by atoms with Crippen molar-refractivity contribution in [1.29, 1.82) is 0 Å². The van der Waals surface area contributed by atoms with Crippen LogP contribution in [0, 0.1) is 12.3 Å². The molecule has 1 N–H and O–H groups in total. The molecule has 5 nitrogen and oxygen atoms in total. The molecule has 0 atom stereocenters. The fourth-order valence-corrected chi connectivity index (χ4v) is 3.36. The van der Waals surface area contributed by atoms with Crippen LogP contribution >= 0.6 is 0 Å². The second-order valence-electron chi connectivity index (χ2n) is 6.42. The fourth-order valence-electron chi connectivity index (χ4n) is 3.36.